The van der Waals surface area contributed by atoms with Crippen molar-refractivity contribution in [3.8, 4) is 0 Å². The zero-order valence-corrected chi connectivity index (χ0v) is 11.3. The summed E-state index contributed by atoms with van der Waals surface area (Å²) in [6.45, 7) is 6.85. The monoisotopic (exact) mass is 250 g/mol. The van der Waals surface area contributed by atoms with Gasteiger partial charge in [0.15, 0.2) is 0 Å². The molecule has 0 aliphatic carbocycles. The Morgan fingerprint density at radius 2 is 1.73 bits per heavy atom. The van der Waals surface area contributed by atoms with Crippen LogP contribution in [0.25, 0.3) is 0 Å². The summed E-state index contributed by atoms with van der Waals surface area (Å²) in [6, 6.07) is 0. The summed E-state index contributed by atoms with van der Waals surface area (Å²) in [6.07, 6.45) is 1.06. The number of ketones is 1. The molecule has 0 bridgehead atoms. The summed E-state index contributed by atoms with van der Waals surface area (Å²) in [7, 11) is 0. The van der Waals surface area contributed by atoms with Gasteiger partial charge < -0.3 is 0 Å². The van der Waals surface area contributed by atoms with Gasteiger partial charge in [-0.15, -0.1) is 0 Å². The number of Topliss-reactive ketones (excluding diaryl/α,β-unsaturated/α-hetero) is 1. The third kappa shape index (κ3) is 6.82. The minimum atomic E-state index is -0.695. The molecule has 0 saturated carbocycles. The van der Waals surface area contributed by atoms with Crippen LogP contribution in [0.4, 0.5) is 0 Å². The van der Waals surface area contributed by atoms with Gasteiger partial charge in [-0.25, -0.2) is 4.79 Å². The quantitative estimate of drug-likeness (QED) is 0.312. The zero-order chi connectivity index (χ0) is 11.1. The first-order chi connectivity index (χ1) is 6.52. The second-order valence-corrected chi connectivity index (χ2v) is 3.29. The maximum atomic E-state index is 11.3. The Balaban J connectivity index is 0. The molecule has 2 atom stereocenters. The fourth-order valence-corrected chi connectivity index (χ4v) is 0.876. The van der Waals surface area contributed by atoms with Crippen LogP contribution < -0.4 is 0 Å². The van der Waals surface area contributed by atoms with Crippen molar-refractivity contribution in [2.24, 2.45) is 5.92 Å². The molecule has 0 aromatic rings. The Morgan fingerprint density at radius 3 is 2.07 bits per heavy atom. The third-order valence-corrected chi connectivity index (χ3v) is 2.05. The van der Waals surface area contributed by atoms with Crippen molar-refractivity contribution in [1.29, 1.82) is 0 Å². The molecule has 4 nitrogen and oxygen atoms in total. The van der Waals surface area contributed by atoms with Crippen molar-refractivity contribution in [3.05, 3.63) is 0 Å². The second-order valence-electron chi connectivity index (χ2n) is 3.29. The summed E-state index contributed by atoms with van der Waals surface area (Å²) in [5.74, 6) is -1.48. The number of rotatable bonds is 6. The smallest absolute Gasteiger partial charge is 0.299 e. The van der Waals surface area contributed by atoms with E-state index >= 15 is 0 Å². The van der Waals surface area contributed by atoms with Gasteiger partial charge in [0.25, 0.3) is 0 Å². The molecule has 0 radical (unpaired) electrons. The Labute approximate surface area is 106 Å². The number of carbonyl (C=O) groups excluding carboxylic acids is 2. The molecule has 0 heterocycles. The van der Waals surface area contributed by atoms with Crippen LogP contribution in [0, 0.1) is 5.92 Å². The van der Waals surface area contributed by atoms with Crippen LogP contribution in [0.1, 0.15) is 40.5 Å². The van der Waals surface area contributed by atoms with Gasteiger partial charge in [0.1, 0.15) is 17.8 Å². The van der Waals surface area contributed by atoms with Crippen LogP contribution >= 0.6 is 0 Å². The first-order valence-electron chi connectivity index (χ1n) is 4.90. The van der Waals surface area contributed by atoms with Crippen LogP contribution in [0.3, 0.4) is 0 Å². The summed E-state index contributed by atoms with van der Waals surface area (Å²) < 4.78 is 0. The van der Waals surface area contributed by atoms with E-state index in [0.717, 1.165) is 6.42 Å². The first-order valence-corrected chi connectivity index (χ1v) is 4.90. The van der Waals surface area contributed by atoms with Crippen molar-refractivity contribution in [3.63, 3.8) is 0 Å². The molecule has 86 valence electrons. The third-order valence-electron chi connectivity index (χ3n) is 2.05. The molecule has 0 aromatic carbocycles. The van der Waals surface area contributed by atoms with Crippen LogP contribution in [0.2, 0.25) is 0 Å². The normalized spacial score (nSPS) is 13.6. The van der Waals surface area contributed by atoms with Crippen LogP contribution in [-0.4, -0.2) is 17.9 Å². The van der Waals surface area contributed by atoms with Crippen LogP contribution in [-0.2, 0) is 41.1 Å². The van der Waals surface area contributed by atoms with Crippen molar-refractivity contribution in [2.75, 3.05) is 0 Å². The van der Waals surface area contributed by atoms with Gasteiger partial charge >= 0.3 is 5.97 Å². The van der Waals surface area contributed by atoms with Crippen molar-refractivity contribution in [2.45, 2.75) is 46.6 Å². The van der Waals surface area contributed by atoms with Gasteiger partial charge in [-0.3, -0.25) is 9.68 Å². The molecule has 2 unspecified atom stereocenters. The van der Waals surface area contributed by atoms with E-state index in [1.54, 1.807) is 13.8 Å². The summed E-state index contributed by atoms with van der Waals surface area (Å²) in [5, 5.41) is 0. The molecular formula is C10H18O4Ti. The summed E-state index contributed by atoms with van der Waals surface area (Å²) in [4.78, 5) is 31.6. The van der Waals surface area contributed by atoms with E-state index in [9.17, 15) is 9.59 Å². The molecule has 0 N–H and O–H groups in total. The Hall–Kier alpha value is -0.186. The van der Waals surface area contributed by atoms with Gasteiger partial charge in [0.2, 0.25) is 0 Å². The van der Waals surface area contributed by atoms with Crippen molar-refractivity contribution in [1.82, 2.24) is 0 Å². The SMILES string of the molecule is CCC(C)OOC(=O)C(CC)C(C)=O.[Ti]. The van der Waals surface area contributed by atoms with Crippen molar-refractivity contribution < 1.29 is 41.1 Å². The number of hydrogen-bond acceptors (Lipinski definition) is 4. The molecule has 15 heavy (non-hydrogen) atoms. The summed E-state index contributed by atoms with van der Waals surface area (Å²) in [5.41, 5.74) is 0. The van der Waals surface area contributed by atoms with Gasteiger partial charge in [-0.1, -0.05) is 13.8 Å². The van der Waals surface area contributed by atoms with E-state index in [4.69, 9.17) is 4.89 Å². The van der Waals surface area contributed by atoms with Gasteiger partial charge in [0.05, 0.1) is 0 Å². The molecule has 0 aliphatic rings. The van der Waals surface area contributed by atoms with Crippen molar-refractivity contribution >= 4 is 11.8 Å². The Kier molecular flexibility index (Phi) is 10.4. The first kappa shape index (κ1) is 17.2. The summed E-state index contributed by atoms with van der Waals surface area (Å²) >= 11 is 0. The van der Waals surface area contributed by atoms with E-state index in [0.29, 0.717) is 6.42 Å². The molecule has 0 rings (SSSR count). The maximum absolute atomic E-state index is 11.3. The molecule has 5 heteroatoms. The molecule has 0 aromatic heterocycles. The Bertz CT molecular complexity index is 206. The van der Waals surface area contributed by atoms with E-state index < -0.39 is 11.9 Å². The molecule has 0 spiro atoms. The minimum Gasteiger partial charge on any atom is -0.299 e. The van der Waals surface area contributed by atoms with Gasteiger partial charge in [-0.2, -0.15) is 4.89 Å². The van der Waals surface area contributed by atoms with Gasteiger partial charge in [0, 0.05) is 21.7 Å². The number of carbonyl (C=O) groups is 2. The molecular weight excluding hydrogens is 232 g/mol. The predicted molar refractivity (Wildman–Crippen MR) is 51.4 cm³/mol. The maximum Gasteiger partial charge on any atom is 0.352 e. The van der Waals surface area contributed by atoms with E-state index in [-0.39, 0.29) is 33.6 Å². The second kappa shape index (κ2) is 9.07. The fraction of sp³-hybridized carbons (Fsp3) is 0.800. The molecule has 0 aliphatic heterocycles. The standard InChI is InChI=1S/C10H18O4.Ti/c1-5-7(3)13-14-10(12)9(6-2)8(4)11;/h7,9H,5-6H2,1-4H3;. The Morgan fingerprint density at radius 1 is 1.20 bits per heavy atom. The van der Waals surface area contributed by atoms with Gasteiger partial charge in [-0.05, 0) is 26.7 Å². The topological polar surface area (TPSA) is 52.6 Å². The van der Waals surface area contributed by atoms with Crippen LogP contribution in [0.15, 0.2) is 0 Å². The predicted octanol–water partition coefficient (Wildman–Crippen LogP) is 1.87. The molecule has 0 saturated heterocycles. The average molecular weight is 250 g/mol. The number of hydrogen-bond donors (Lipinski definition) is 0. The average Bonchev–Trinajstić information content (AvgIpc) is 2.14. The van der Waals surface area contributed by atoms with E-state index in [1.165, 1.54) is 6.92 Å². The van der Waals surface area contributed by atoms with Crippen LogP contribution in [0.5, 0.6) is 0 Å². The van der Waals surface area contributed by atoms with E-state index in [2.05, 4.69) is 4.89 Å². The largest absolute Gasteiger partial charge is 0.352 e. The molecule has 0 amide bonds. The minimum absolute atomic E-state index is 0. The van der Waals surface area contributed by atoms with E-state index in [1.807, 2.05) is 6.92 Å². The zero-order valence-electron chi connectivity index (χ0n) is 9.70. The fourth-order valence-electron chi connectivity index (χ4n) is 0.876. The molecule has 0 fully saturated rings.